The normalized spacial score (nSPS) is 11.8. The minimum Gasteiger partial charge on any atom is -0.479 e. The highest BCUT2D eigenvalue weighted by Crippen LogP contribution is 1.86. The molecular weight excluding hydrogens is 120 g/mol. The number of rotatable bonds is 2. The van der Waals surface area contributed by atoms with E-state index in [-0.39, 0.29) is 29.5 Å². The highest BCUT2D eigenvalue weighted by molar-refractivity contribution is 5.75. The second-order valence-electron chi connectivity index (χ2n) is 1.26. The van der Waals surface area contributed by atoms with Gasteiger partial charge in [0.1, 0.15) is 0 Å². The summed E-state index contributed by atoms with van der Waals surface area (Å²) in [6, 6.07) is 0. The van der Waals surface area contributed by atoms with Gasteiger partial charge < -0.3 is 10.2 Å². The van der Waals surface area contributed by atoms with Gasteiger partial charge in [0.25, 0.3) is 0 Å². The third-order valence-electron chi connectivity index (χ3n) is 0.672. The SMILES string of the molecule is CCC(O)C(=O)O.[Mg]. The van der Waals surface area contributed by atoms with Gasteiger partial charge in [0.15, 0.2) is 6.10 Å². The summed E-state index contributed by atoms with van der Waals surface area (Å²) in [6.45, 7) is 1.61. The molecule has 0 aromatic rings. The predicted molar refractivity (Wildman–Crippen MR) is 29.7 cm³/mol. The number of carboxylic acid groups (broad SMARTS) is 1. The topological polar surface area (TPSA) is 57.5 Å². The average Bonchev–Trinajstić information content (AvgIpc) is 1.65. The number of aliphatic hydroxyl groups excluding tert-OH is 1. The Kier molecular flexibility index (Phi) is 7.37. The summed E-state index contributed by atoms with van der Waals surface area (Å²) in [5.74, 6) is -1.15. The summed E-state index contributed by atoms with van der Waals surface area (Å²) < 4.78 is 0. The Labute approximate surface area is 63.9 Å². The van der Waals surface area contributed by atoms with Crippen molar-refractivity contribution in [1.29, 1.82) is 0 Å². The van der Waals surface area contributed by atoms with Crippen molar-refractivity contribution >= 4 is 29.0 Å². The van der Waals surface area contributed by atoms with Gasteiger partial charge in [-0.05, 0) is 6.42 Å². The predicted octanol–water partition coefficient (Wildman–Crippen LogP) is -0.539. The minimum atomic E-state index is -1.18. The molecule has 2 radical (unpaired) electrons. The van der Waals surface area contributed by atoms with E-state index >= 15 is 0 Å². The Morgan fingerprint density at radius 1 is 1.75 bits per heavy atom. The molecule has 0 aromatic heterocycles. The molecule has 0 bridgehead atoms. The maximum atomic E-state index is 9.68. The third kappa shape index (κ3) is 4.36. The van der Waals surface area contributed by atoms with Gasteiger partial charge >= 0.3 is 5.97 Å². The third-order valence-corrected chi connectivity index (χ3v) is 0.672. The van der Waals surface area contributed by atoms with Crippen LogP contribution in [0.3, 0.4) is 0 Å². The van der Waals surface area contributed by atoms with Crippen LogP contribution in [-0.4, -0.2) is 45.3 Å². The molecule has 1 unspecified atom stereocenters. The van der Waals surface area contributed by atoms with E-state index in [1.165, 1.54) is 0 Å². The van der Waals surface area contributed by atoms with Crippen molar-refractivity contribution in [1.82, 2.24) is 0 Å². The molecule has 0 saturated carbocycles. The molecule has 1 atom stereocenters. The van der Waals surface area contributed by atoms with Crippen LogP contribution in [0.1, 0.15) is 13.3 Å². The molecule has 0 aromatic carbocycles. The first-order valence-electron chi connectivity index (χ1n) is 2.09. The molecule has 0 aliphatic carbocycles. The molecule has 0 fully saturated rings. The molecular formula is C4H8MgO3. The average molecular weight is 128 g/mol. The van der Waals surface area contributed by atoms with E-state index in [2.05, 4.69) is 0 Å². The molecule has 44 valence electrons. The highest BCUT2D eigenvalue weighted by atomic mass is 24.3. The number of carbonyl (C=O) groups is 1. The summed E-state index contributed by atoms with van der Waals surface area (Å²) in [5.41, 5.74) is 0. The van der Waals surface area contributed by atoms with Crippen LogP contribution in [0.5, 0.6) is 0 Å². The fraction of sp³-hybridized carbons (Fsp3) is 0.750. The largest absolute Gasteiger partial charge is 0.479 e. The molecule has 0 aliphatic rings. The Morgan fingerprint density at radius 2 is 2.12 bits per heavy atom. The molecule has 0 rings (SSSR count). The van der Waals surface area contributed by atoms with Gasteiger partial charge in [-0.15, -0.1) is 0 Å². The first-order valence-corrected chi connectivity index (χ1v) is 2.09. The van der Waals surface area contributed by atoms with Crippen LogP contribution in [0.15, 0.2) is 0 Å². The van der Waals surface area contributed by atoms with E-state index in [4.69, 9.17) is 10.2 Å². The van der Waals surface area contributed by atoms with Crippen LogP contribution in [-0.2, 0) is 4.79 Å². The van der Waals surface area contributed by atoms with Gasteiger partial charge in [-0.3, -0.25) is 0 Å². The fourth-order valence-electron chi connectivity index (χ4n) is 0.175. The quantitative estimate of drug-likeness (QED) is 0.491. The lowest BCUT2D eigenvalue weighted by atomic mass is 10.3. The maximum Gasteiger partial charge on any atom is 0.332 e. The van der Waals surface area contributed by atoms with E-state index in [0.717, 1.165) is 0 Å². The van der Waals surface area contributed by atoms with Crippen molar-refractivity contribution in [3.63, 3.8) is 0 Å². The Morgan fingerprint density at radius 3 is 2.12 bits per heavy atom. The summed E-state index contributed by atoms with van der Waals surface area (Å²) in [6.07, 6.45) is -0.907. The Bertz CT molecular complexity index is 73.7. The number of hydrogen-bond donors (Lipinski definition) is 2. The van der Waals surface area contributed by atoms with Gasteiger partial charge in [-0.2, -0.15) is 0 Å². The molecule has 8 heavy (non-hydrogen) atoms. The lowest BCUT2D eigenvalue weighted by molar-refractivity contribution is -0.146. The van der Waals surface area contributed by atoms with Crippen molar-refractivity contribution < 1.29 is 15.0 Å². The van der Waals surface area contributed by atoms with E-state index in [9.17, 15) is 4.79 Å². The minimum absolute atomic E-state index is 0. The Hall–Kier alpha value is 0.196. The standard InChI is InChI=1S/C4H8O3.Mg/c1-2-3(5)4(6)7;/h3,5H,2H2,1H3,(H,6,7);. The van der Waals surface area contributed by atoms with E-state index in [0.29, 0.717) is 0 Å². The monoisotopic (exact) mass is 128 g/mol. The highest BCUT2D eigenvalue weighted by Gasteiger charge is 2.07. The molecule has 0 heterocycles. The van der Waals surface area contributed by atoms with Gasteiger partial charge in [0.05, 0.1) is 0 Å². The van der Waals surface area contributed by atoms with Gasteiger partial charge in [-0.25, -0.2) is 4.79 Å². The van der Waals surface area contributed by atoms with Crippen LogP contribution in [0.25, 0.3) is 0 Å². The first kappa shape index (κ1) is 11.1. The van der Waals surface area contributed by atoms with Crippen molar-refractivity contribution in [2.24, 2.45) is 0 Å². The maximum absolute atomic E-state index is 9.68. The molecule has 3 nitrogen and oxygen atoms in total. The summed E-state index contributed by atoms with van der Waals surface area (Å²) >= 11 is 0. The molecule has 0 amide bonds. The molecule has 2 N–H and O–H groups in total. The van der Waals surface area contributed by atoms with Crippen molar-refractivity contribution in [2.45, 2.75) is 19.4 Å². The number of aliphatic hydroxyl groups is 1. The van der Waals surface area contributed by atoms with E-state index in [1.54, 1.807) is 6.92 Å². The number of aliphatic carboxylic acids is 1. The summed E-state index contributed by atoms with van der Waals surface area (Å²) in [5, 5.41) is 16.3. The van der Waals surface area contributed by atoms with Crippen molar-refractivity contribution in [3.05, 3.63) is 0 Å². The zero-order chi connectivity index (χ0) is 5.86. The van der Waals surface area contributed by atoms with Crippen LogP contribution >= 0.6 is 0 Å². The second-order valence-corrected chi connectivity index (χ2v) is 1.26. The lowest BCUT2D eigenvalue weighted by Crippen LogP contribution is -2.17. The van der Waals surface area contributed by atoms with Crippen LogP contribution < -0.4 is 0 Å². The van der Waals surface area contributed by atoms with Crippen molar-refractivity contribution in [3.8, 4) is 0 Å². The lowest BCUT2D eigenvalue weighted by Gasteiger charge is -1.95. The van der Waals surface area contributed by atoms with Crippen LogP contribution in [0.2, 0.25) is 0 Å². The molecule has 0 spiro atoms. The number of hydrogen-bond acceptors (Lipinski definition) is 2. The summed E-state index contributed by atoms with van der Waals surface area (Å²) in [7, 11) is 0. The van der Waals surface area contributed by atoms with Gasteiger partial charge in [0, 0.05) is 23.1 Å². The zero-order valence-corrected chi connectivity index (χ0v) is 6.21. The number of carboxylic acids is 1. The fourth-order valence-corrected chi connectivity index (χ4v) is 0.175. The zero-order valence-electron chi connectivity index (χ0n) is 4.79. The van der Waals surface area contributed by atoms with E-state index in [1.807, 2.05) is 0 Å². The second kappa shape index (κ2) is 5.34. The summed E-state index contributed by atoms with van der Waals surface area (Å²) in [4.78, 5) is 9.68. The van der Waals surface area contributed by atoms with E-state index < -0.39 is 12.1 Å². The molecule has 4 heteroatoms. The Balaban J connectivity index is 0. The van der Waals surface area contributed by atoms with Crippen molar-refractivity contribution in [2.75, 3.05) is 0 Å². The molecule has 0 saturated heterocycles. The smallest absolute Gasteiger partial charge is 0.332 e. The molecule has 0 aliphatic heterocycles. The first-order chi connectivity index (χ1) is 3.18. The van der Waals surface area contributed by atoms with Crippen LogP contribution in [0, 0.1) is 0 Å². The van der Waals surface area contributed by atoms with Crippen LogP contribution in [0.4, 0.5) is 0 Å². The van der Waals surface area contributed by atoms with Gasteiger partial charge in [-0.1, -0.05) is 6.92 Å². The van der Waals surface area contributed by atoms with Gasteiger partial charge in [0.2, 0.25) is 0 Å².